The molecule has 0 aromatic carbocycles. The van der Waals surface area contributed by atoms with Crippen molar-refractivity contribution in [2.24, 2.45) is 0 Å². The second-order valence-electron chi connectivity index (χ2n) is 3.24. The van der Waals surface area contributed by atoms with Crippen molar-refractivity contribution in [3.63, 3.8) is 0 Å². The molecule has 0 bridgehead atoms. The molecule has 2 heterocycles. The third kappa shape index (κ3) is 2.19. The van der Waals surface area contributed by atoms with Crippen molar-refractivity contribution in [3.05, 3.63) is 29.4 Å². The summed E-state index contributed by atoms with van der Waals surface area (Å²) in [5, 5.41) is 18.7. The number of nitrogens with zero attached hydrogens (tertiary/aromatic N) is 3. The standard InChI is InChI=1S/C10H11N3OS/c1-7(6-14)9-12-13-10(15-9)8-4-2-3-5-11-8/h2-5,7,14H,6H2,1H3/t7-/m0/s1. The van der Waals surface area contributed by atoms with Crippen molar-refractivity contribution < 1.29 is 5.11 Å². The van der Waals surface area contributed by atoms with Gasteiger partial charge in [-0.25, -0.2) is 0 Å². The van der Waals surface area contributed by atoms with E-state index >= 15 is 0 Å². The van der Waals surface area contributed by atoms with E-state index in [1.807, 2.05) is 25.1 Å². The van der Waals surface area contributed by atoms with Gasteiger partial charge in [-0.1, -0.05) is 24.3 Å². The van der Waals surface area contributed by atoms with Crippen LogP contribution in [0.4, 0.5) is 0 Å². The lowest BCUT2D eigenvalue weighted by Gasteiger charge is -1.99. The van der Waals surface area contributed by atoms with Crippen LogP contribution in [-0.2, 0) is 0 Å². The van der Waals surface area contributed by atoms with Gasteiger partial charge in [0.05, 0.1) is 6.61 Å². The lowest BCUT2D eigenvalue weighted by Crippen LogP contribution is -1.97. The van der Waals surface area contributed by atoms with E-state index in [-0.39, 0.29) is 12.5 Å². The zero-order valence-electron chi connectivity index (χ0n) is 8.29. The molecule has 15 heavy (non-hydrogen) atoms. The van der Waals surface area contributed by atoms with Crippen molar-refractivity contribution >= 4 is 11.3 Å². The van der Waals surface area contributed by atoms with E-state index in [0.29, 0.717) is 0 Å². The predicted molar refractivity (Wildman–Crippen MR) is 58.6 cm³/mol. The molecule has 0 aliphatic rings. The molecule has 5 heteroatoms. The van der Waals surface area contributed by atoms with Crippen LogP contribution >= 0.6 is 11.3 Å². The zero-order valence-corrected chi connectivity index (χ0v) is 9.11. The first-order chi connectivity index (χ1) is 7.31. The summed E-state index contributed by atoms with van der Waals surface area (Å²) in [4.78, 5) is 4.19. The third-order valence-electron chi connectivity index (χ3n) is 2.02. The molecule has 2 aromatic heterocycles. The van der Waals surface area contributed by atoms with Gasteiger partial charge in [0.25, 0.3) is 0 Å². The summed E-state index contributed by atoms with van der Waals surface area (Å²) in [5.41, 5.74) is 0.825. The minimum absolute atomic E-state index is 0.0416. The maximum absolute atomic E-state index is 8.99. The highest BCUT2D eigenvalue weighted by Crippen LogP contribution is 2.25. The molecular formula is C10H11N3OS. The molecule has 0 fully saturated rings. The Morgan fingerprint density at radius 3 is 2.93 bits per heavy atom. The highest BCUT2D eigenvalue weighted by atomic mass is 32.1. The van der Waals surface area contributed by atoms with E-state index in [1.165, 1.54) is 11.3 Å². The average Bonchev–Trinajstić information content (AvgIpc) is 2.78. The highest BCUT2D eigenvalue weighted by molar-refractivity contribution is 7.14. The Balaban J connectivity index is 2.28. The molecule has 0 spiro atoms. The Bertz CT molecular complexity index is 429. The molecule has 2 rings (SSSR count). The minimum Gasteiger partial charge on any atom is -0.396 e. The second kappa shape index (κ2) is 4.46. The Kier molecular flexibility index (Phi) is 3.03. The van der Waals surface area contributed by atoms with Crippen LogP contribution in [0.2, 0.25) is 0 Å². The van der Waals surface area contributed by atoms with Crippen LogP contribution in [-0.4, -0.2) is 26.9 Å². The summed E-state index contributed by atoms with van der Waals surface area (Å²) < 4.78 is 0. The Morgan fingerprint density at radius 1 is 1.40 bits per heavy atom. The summed E-state index contributed by atoms with van der Waals surface area (Å²) in [6.45, 7) is 2.01. The van der Waals surface area contributed by atoms with Gasteiger partial charge in [0.15, 0.2) is 5.01 Å². The van der Waals surface area contributed by atoms with Crippen LogP contribution in [0.15, 0.2) is 24.4 Å². The molecule has 4 nitrogen and oxygen atoms in total. The average molecular weight is 221 g/mol. The van der Waals surface area contributed by atoms with Gasteiger partial charge in [0.2, 0.25) is 0 Å². The summed E-state index contributed by atoms with van der Waals surface area (Å²) in [7, 11) is 0. The van der Waals surface area contributed by atoms with Gasteiger partial charge >= 0.3 is 0 Å². The second-order valence-corrected chi connectivity index (χ2v) is 4.25. The Morgan fingerprint density at radius 2 is 2.27 bits per heavy atom. The van der Waals surface area contributed by atoms with Crippen LogP contribution in [0.1, 0.15) is 17.8 Å². The Labute approximate surface area is 91.6 Å². The lowest BCUT2D eigenvalue weighted by atomic mass is 10.2. The maximum Gasteiger partial charge on any atom is 0.166 e. The quantitative estimate of drug-likeness (QED) is 0.857. The third-order valence-corrected chi connectivity index (χ3v) is 3.20. The molecule has 0 radical (unpaired) electrons. The minimum atomic E-state index is 0.0416. The van der Waals surface area contributed by atoms with Crippen LogP contribution in [0, 0.1) is 0 Å². The predicted octanol–water partition coefficient (Wildman–Crippen LogP) is 1.70. The van der Waals surface area contributed by atoms with Gasteiger partial charge in [-0.15, -0.1) is 10.2 Å². The fourth-order valence-electron chi connectivity index (χ4n) is 1.10. The molecule has 1 N–H and O–H groups in total. The van der Waals surface area contributed by atoms with E-state index in [0.717, 1.165) is 15.7 Å². The summed E-state index contributed by atoms with van der Waals surface area (Å²) in [5.74, 6) is 0.0416. The SMILES string of the molecule is C[C@@H](CO)c1nnc(-c2ccccn2)s1. The number of aliphatic hydroxyl groups excluding tert-OH is 1. The van der Waals surface area contributed by atoms with Crippen molar-refractivity contribution in [2.75, 3.05) is 6.61 Å². The number of hydrogen-bond acceptors (Lipinski definition) is 5. The van der Waals surface area contributed by atoms with E-state index in [1.54, 1.807) is 6.20 Å². The fraction of sp³-hybridized carbons (Fsp3) is 0.300. The number of hydrogen-bond donors (Lipinski definition) is 1. The molecule has 2 aromatic rings. The van der Waals surface area contributed by atoms with Crippen molar-refractivity contribution in [1.82, 2.24) is 15.2 Å². The van der Waals surface area contributed by atoms with E-state index in [4.69, 9.17) is 5.11 Å². The summed E-state index contributed by atoms with van der Waals surface area (Å²) in [6.07, 6.45) is 1.73. The topological polar surface area (TPSA) is 58.9 Å². The molecule has 0 aliphatic carbocycles. The molecule has 78 valence electrons. The molecule has 0 amide bonds. The van der Waals surface area contributed by atoms with Crippen LogP contribution in [0.5, 0.6) is 0 Å². The summed E-state index contributed by atoms with van der Waals surface area (Å²) >= 11 is 1.47. The fourth-order valence-corrected chi connectivity index (χ4v) is 1.97. The molecule has 0 saturated heterocycles. The zero-order chi connectivity index (χ0) is 10.7. The number of pyridine rings is 1. The highest BCUT2D eigenvalue weighted by Gasteiger charge is 2.12. The van der Waals surface area contributed by atoms with E-state index in [2.05, 4.69) is 15.2 Å². The molecule has 0 aliphatic heterocycles. The Hall–Kier alpha value is -1.33. The molecule has 0 saturated carbocycles. The van der Waals surface area contributed by atoms with Gasteiger partial charge in [-0.2, -0.15) is 0 Å². The first-order valence-electron chi connectivity index (χ1n) is 4.67. The molecule has 0 unspecified atom stereocenters. The normalized spacial score (nSPS) is 12.7. The lowest BCUT2D eigenvalue weighted by molar-refractivity contribution is 0.272. The molecule has 1 atom stereocenters. The van der Waals surface area contributed by atoms with Gasteiger partial charge < -0.3 is 5.11 Å². The smallest absolute Gasteiger partial charge is 0.166 e. The maximum atomic E-state index is 8.99. The largest absolute Gasteiger partial charge is 0.396 e. The van der Waals surface area contributed by atoms with Crippen LogP contribution in [0.3, 0.4) is 0 Å². The van der Waals surface area contributed by atoms with Crippen LogP contribution in [0.25, 0.3) is 10.7 Å². The van der Waals surface area contributed by atoms with Gasteiger partial charge in [-0.05, 0) is 12.1 Å². The van der Waals surface area contributed by atoms with Gasteiger partial charge in [0.1, 0.15) is 10.7 Å². The van der Waals surface area contributed by atoms with Crippen LogP contribution < -0.4 is 0 Å². The van der Waals surface area contributed by atoms with Gasteiger partial charge in [0, 0.05) is 12.1 Å². The monoisotopic (exact) mass is 221 g/mol. The van der Waals surface area contributed by atoms with E-state index in [9.17, 15) is 0 Å². The van der Waals surface area contributed by atoms with Crippen molar-refractivity contribution in [2.45, 2.75) is 12.8 Å². The van der Waals surface area contributed by atoms with Gasteiger partial charge in [-0.3, -0.25) is 4.98 Å². The molecular weight excluding hydrogens is 210 g/mol. The number of aliphatic hydroxyl groups is 1. The van der Waals surface area contributed by atoms with E-state index < -0.39 is 0 Å². The summed E-state index contributed by atoms with van der Waals surface area (Å²) in [6, 6.07) is 5.68. The van der Waals surface area contributed by atoms with Crippen molar-refractivity contribution in [1.29, 1.82) is 0 Å². The first kappa shape index (κ1) is 10.2. The van der Waals surface area contributed by atoms with Crippen molar-refractivity contribution in [3.8, 4) is 10.7 Å². The number of aromatic nitrogens is 3. The number of rotatable bonds is 3. The first-order valence-corrected chi connectivity index (χ1v) is 5.48.